The summed E-state index contributed by atoms with van der Waals surface area (Å²) in [6, 6.07) is 37.9. The fraction of sp³-hybridized carbons (Fsp3) is 0.0370. The molecule has 0 spiro atoms. The highest BCUT2D eigenvalue weighted by Crippen LogP contribution is 2.37. The zero-order chi connectivity index (χ0) is 18.8. The third kappa shape index (κ3) is 3.12. The lowest BCUT2D eigenvalue weighted by molar-refractivity contribution is 0.489. The average molecular weight is 360 g/mol. The first-order valence-electron chi connectivity index (χ1n) is 9.59. The van der Waals surface area contributed by atoms with Crippen LogP contribution in [0.3, 0.4) is 0 Å². The van der Waals surface area contributed by atoms with Crippen molar-refractivity contribution < 1.29 is 4.74 Å². The highest BCUT2D eigenvalue weighted by molar-refractivity contribution is 5.92. The van der Waals surface area contributed by atoms with E-state index in [-0.39, 0.29) is 0 Å². The van der Waals surface area contributed by atoms with E-state index >= 15 is 0 Å². The molecule has 28 heavy (non-hydrogen) atoms. The zero-order valence-electron chi connectivity index (χ0n) is 15.5. The SMILES string of the molecule is c1ccc(Cc2ccc3ccccc3c2Oc2cccc3ccccc23)cc1. The number of rotatable bonds is 4. The number of benzene rings is 5. The molecule has 0 aliphatic rings. The standard InChI is InChI=1S/C27H20O/c1-2-9-20(10-3-1)19-23-18-17-22-12-5-7-15-25(22)27(23)28-26-16-8-13-21-11-4-6-14-24(21)26/h1-18H,19H2. The van der Waals surface area contributed by atoms with Crippen molar-refractivity contribution in [1.29, 1.82) is 0 Å². The van der Waals surface area contributed by atoms with Crippen molar-refractivity contribution in [3.63, 3.8) is 0 Å². The largest absolute Gasteiger partial charge is 0.456 e. The Morgan fingerprint density at radius 2 is 1.14 bits per heavy atom. The summed E-state index contributed by atoms with van der Waals surface area (Å²) in [4.78, 5) is 0. The van der Waals surface area contributed by atoms with Crippen LogP contribution < -0.4 is 4.74 Å². The molecule has 1 nitrogen and oxygen atoms in total. The van der Waals surface area contributed by atoms with Crippen LogP contribution in [-0.4, -0.2) is 0 Å². The van der Waals surface area contributed by atoms with E-state index in [2.05, 4.69) is 109 Å². The number of hydrogen-bond acceptors (Lipinski definition) is 1. The monoisotopic (exact) mass is 360 g/mol. The van der Waals surface area contributed by atoms with Crippen LogP contribution >= 0.6 is 0 Å². The second-order valence-corrected chi connectivity index (χ2v) is 7.02. The molecule has 134 valence electrons. The summed E-state index contributed by atoms with van der Waals surface area (Å²) in [5, 5.41) is 4.65. The molecule has 5 rings (SSSR count). The van der Waals surface area contributed by atoms with E-state index < -0.39 is 0 Å². The van der Waals surface area contributed by atoms with E-state index in [0.717, 1.165) is 28.7 Å². The van der Waals surface area contributed by atoms with Crippen LogP contribution in [0, 0.1) is 0 Å². The van der Waals surface area contributed by atoms with Gasteiger partial charge in [-0.25, -0.2) is 0 Å². The van der Waals surface area contributed by atoms with Gasteiger partial charge in [0.05, 0.1) is 0 Å². The summed E-state index contributed by atoms with van der Waals surface area (Å²) in [6.07, 6.45) is 0.839. The minimum atomic E-state index is 0.839. The minimum Gasteiger partial charge on any atom is -0.456 e. The quantitative estimate of drug-likeness (QED) is 0.325. The molecular weight excluding hydrogens is 340 g/mol. The molecule has 0 heterocycles. The van der Waals surface area contributed by atoms with E-state index in [1.165, 1.54) is 21.9 Å². The van der Waals surface area contributed by atoms with Crippen molar-refractivity contribution in [2.24, 2.45) is 0 Å². The van der Waals surface area contributed by atoms with Crippen LogP contribution in [0.25, 0.3) is 21.5 Å². The normalized spacial score (nSPS) is 11.0. The van der Waals surface area contributed by atoms with E-state index in [1.807, 2.05) is 0 Å². The Kier molecular flexibility index (Phi) is 4.27. The van der Waals surface area contributed by atoms with Gasteiger partial charge in [-0.3, -0.25) is 0 Å². The van der Waals surface area contributed by atoms with Crippen LogP contribution in [0.5, 0.6) is 11.5 Å². The number of fused-ring (bicyclic) bond motifs is 2. The molecule has 0 aliphatic carbocycles. The first-order valence-corrected chi connectivity index (χ1v) is 9.59. The van der Waals surface area contributed by atoms with E-state index in [0.29, 0.717) is 0 Å². The van der Waals surface area contributed by atoms with E-state index in [4.69, 9.17) is 4.74 Å². The third-order valence-corrected chi connectivity index (χ3v) is 5.16. The molecule has 0 amide bonds. The second-order valence-electron chi connectivity index (χ2n) is 7.02. The van der Waals surface area contributed by atoms with Gasteiger partial charge in [0.15, 0.2) is 0 Å². The van der Waals surface area contributed by atoms with E-state index in [1.54, 1.807) is 0 Å². The second kappa shape index (κ2) is 7.21. The van der Waals surface area contributed by atoms with Crippen LogP contribution in [0.2, 0.25) is 0 Å². The Balaban J connectivity index is 1.67. The van der Waals surface area contributed by atoms with Crippen LogP contribution in [0.4, 0.5) is 0 Å². The predicted molar refractivity (Wildman–Crippen MR) is 117 cm³/mol. The van der Waals surface area contributed by atoms with Gasteiger partial charge in [-0.2, -0.15) is 0 Å². The lowest BCUT2D eigenvalue weighted by Gasteiger charge is -2.16. The first-order chi connectivity index (χ1) is 13.9. The molecule has 0 unspecified atom stereocenters. The lowest BCUT2D eigenvalue weighted by Crippen LogP contribution is -1.95. The molecule has 5 aromatic rings. The van der Waals surface area contributed by atoms with Gasteiger partial charge >= 0.3 is 0 Å². The average Bonchev–Trinajstić information content (AvgIpc) is 2.76. The van der Waals surface area contributed by atoms with Gasteiger partial charge in [0, 0.05) is 17.2 Å². The third-order valence-electron chi connectivity index (χ3n) is 5.16. The maximum Gasteiger partial charge on any atom is 0.138 e. The summed E-state index contributed by atoms with van der Waals surface area (Å²) in [5.41, 5.74) is 2.47. The molecule has 0 saturated carbocycles. The van der Waals surface area contributed by atoms with Gasteiger partial charge in [0.25, 0.3) is 0 Å². The van der Waals surface area contributed by atoms with Crippen molar-refractivity contribution >= 4 is 21.5 Å². The molecule has 5 aromatic carbocycles. The van der Waals surface area contributed by atoms with Gasteiger partial charge in [0.2, 0.25) is 0 Å². The highest BCUT2D eigenvalue weighted by Gasteiger charge is 2.12. The van der Waals surface area contributed by atoms with Gasteiger partial charge in [0.1, 0.15) is 11.5 Å². The van der Waals surface area contributed by atoms with E-state index in [9.17, 15) is 0 Å². The fourth-order valence-corrected chi connectivity index (χ4v) is 3.76. The van der Waals surface area contributed by atoms with Gasteiger partial charge in [-0.05, 0) is 28.0 Å². The Hall–Kier alpha value is -3.58. The Morgan fingerprint density at radius 1 is 0.500 bits per heavy atom. The smallest absolute Gasteiger partial charge is 0.138 e. The summed E-state index contributed by atoms with van der Waals surface area (Å²) in [6.45, 7) is 0. The van der Waals surface area contributed by atoms with Crippen molar-refractivity contribution in [2.75, 3.05) is 0 Å². The first kappa shape index (κ1) is 16.6. The van der Waals surface area contributed by atoms with Crippen LogP contribution in [0.15, 0.2) is 109 Å². The van der Waals surface area contributed by atoms with Crippen molar-refractivity contribution in [3.8, 4) is 11.5 Å². The molecule has 0 atom stereocenters. The lowest BCUT2D eigenvalue weighted by atomic mass is 9.99. The van der Waals surface area contributed by atoms with Gasteiger partial charge in [-0.15, -0.1) is 0 Å². The Bertz CT molecular complexity index is 1250. The Morgan fingerprint density at radius 3 is 1.96 bits per heavy atom. The zero-order valence-corrected chi connectivity index (χ0v) is 15.5. The predicted octanol–water partition coefficient (Wildman–Crippen LogP) is 7.38. The van der Waals surface area contributed by atoms with Crippen molar-refractivity contribution in [2.45, 2.75) is 6.42 Å². The summed E-state index contributed by atoms with van der Waals surface area (Å²) < 4.78 is 6.61. The molecule has 0 radical (unpaired) electrons. The fourth-order valence-electron chi connectivity index (χ4n) is 3.76. The van der Waals surface area contributed by atoms with Crippen LogP contribution in [0.1, 0.15) is 11.1 Å². The van der Waals surface area contributed by atoms with Crippen molar-refractivity contribution in [1.82, 2.24) is 0 Å². The minimum absolute atomic E-state index is 0.839. The maximum atomic E-state index is 6.61. The molecule has 1 heteroatoms. The number of ether oxygens (including phenoxy) is 1. The molecule has 0 bridgehead atoms. The molecule has 0 saturated heterocycles. The maximum absolute atomic E-state index is 6.61. The number of hydrogen-bond donors (Lipinski definition) is 0. The molecular formula is C27H20O. The van der Waals surface area contributed by atoms with Crippen LogP contribution in [-0.2, 0) is 6.42 Å². The molecule has 0 aromatic heterocycles. The summed E-state index contributed by atoms with van der Waals surface area (Å²) >= 11 is 0. The molecule has 0 aliphatic heterocycles. The highest BCUT2D eigenvalue weighted by atomic mass is 16.5. The van der Waals surface area contributed by atoms with Crippen molar-refractivity contribution in [3.05, 3.63) is 120 Å². The molecule has 0 fully saturated rings. The topological polar surface area (TPSA) is 9.23 Å². The molecule has 0 N–H and O–H groups in total. The van der Waals surface area contributed by atoms with Gasteiger partial charge < -0.3 is 4.74 Å². The summed E-state index contributed by atoms with van der Waals surface area (Å²) in [5.74, 6) is 1.84. The van der Waals surface area contributed by atoms with Gasteiger partial charge in [-0.1, -0.05) is 103 Å². The Labute approximate surface area is 164 Å². The summed E-state index contributed by atoms with van der Waals surface area (Å²) in [7, 11) is 0.